The van der Waals surface area contributed by atoms with Gasteiger partial charge in [0.2, 0.25) is 0 Å². The van der Waals surface area contributed by atoms with E-state index in [1.165, 1.54) is 11.1 Å². The molecule has 12 heteroatoms. The number of carboxylic acid groups (broad SMARTS) is 3. The Morgan fingerprint density at radius 3 is 1.95 bits per heavy atom. The number of terminal acetylenes is 1. The lowest BCUT2D eigenvalue weighted by Gasteiger charge is -2.52. The number of aliphatic carboxylic acids is 3. The highest BCUT2D eigenvalue weighted by molar-refractivity contribution is 6.53. The van der Waals surface area contributed by atoms with Gasteiger partial charge in [-0.15, -0.1) is 6.42 Å². The first-order valence-corrected chi connectivity index (χ1v) is 22.2. The highest BCUT2D eigenvalue weighted by Crippen LogP contribution is 2.64. The van der Waals surface area contributed by atoms with Gasteiger partial charge >= 0.3 is 17.9 Å². The van der Waals surface area contributed by atoms with Crippen LogP contribution in [-0.2, 0) is 20.8 Å². The maximum Gasteiger partial charge on any atom is 0.336 e. The number of nitrogens with zero attached hydrogens (tertiary/aromatic N) is 1. The van der Waals surface area contributed by atoms with Crippen LogP contribution in [-0.4, -0.2) is 90.9 Å². The van der Waals surface area contributed by atoms with Crippen molar-refractivity contribution in [2.75, 3.05) is 26.2 Å². The van der Waals surface area contributed by atoms with Gasteiger partial charge in [0, 0.05) is 17.5 Å². The zero-order valence-electron chi connectivity index (χ0n) is 36.8. The standard InChI is InChI=1S/C26H28ClNO.C20H24O2.C6H8O7/c1-3-28(4-2)19-20-29-24-17-15-22(16-18-24)25(21-11-7-5-8-12-21)26(27)23-13-9-6-10-14-23;1-3-20(22)11-9-18-17-6-4-13-12-14(21)5-7-15(13)16(17)8-10-19(18,20)2;7-3(8)1-6(13,5(11)12)2-4(9)10/h5-18H,3-4,19-20H2,1-2H3;1,5,7,12,16-18,21-22H,4,6,8-11H2,2H3;13H,1-2H2,(H,7,8)(H,9,10)(H,11,12)/t;16-,17-,18+,19+,20+;/m.1./s1. The molecule has 0 radical (unpaired) electrons. The van der Waals surface area contributed by atoms with E-state index in [0.29, 0.717) is 30.1 Å². The number of fused-ring (bicyclic) bond motifs is 5. The molecule has 0 aromatic heterocycles. The number of phenols is 1. The number of carboxylic acids is 3. The molecule has 3 aliphatic rings. The van der Waals surface area contributed by atoms with Crippen molar-refractivity contribution < 1.29 is 49.8 Å². The average Bonchev–Trinajstić information content (AvgIpc) is 3.56. The van der Waals surface area contributed by atoms with Crippen molar-refractivity contribution in [3.63, 3.8) is 0 Å². The molecule has 11 nitrogen and oxygen atoms in total. The quantitative estimate of drug-likeness (QED) is 0.0525. The lowest BCUT2D eigenvalue weighted by Crippen LogP contribution is -2.50. The number of benzene rings is 4. The van der Waals surface area contributed by atoms with Gasteiger partial charge in [0.05, 0.1) is 17.9 Å². The van der Waals surface area contributed by atoms with E-state index in [-0.39, 0.29) is 5.41 Å². The number of likely N-dealkylation sites (N-methyl/N-ethyl adjacent to an activating group) is 1. The summed E-state index contributed by atoms with van der Waals surface area (Å²) >= 11 is 6.87. The number of hydrogen-bond donors (Lipinski definition) is 6. The van der Waals surface area contributed by atoms with Crippen LogP contribution in [0.4, 0.5) is 0 Å². The smallest absolute Gasteiger partial charge is 0.336 e. The number of aliphatic hydroxyl groups is 2. The Morgan fingerprint density at radius 1 is 0.828 bits per heavy atom. The molecule has 3 aliphatic carbocycles. The molecular weight excluding hydrogens is 834 g/mol. The van der Waals surface area contributed by atoms with E-state index in [4.69, 9.17) is 43.2 Å². The summed E-state index contributed by atoms with van der Waals surface area (Å²) in [4.78, 5) is 32.8. The first-order chi connectivity index (χ1) is 30.5. The minimum absolute atomic E-state index is 0.128. The third-order valence-electron chi connectivity index (χ3n) is 13.4. The SMILES string of the molecule is C#C[C@]1(O)CC[C@H]2[C@@H]3CCc4cc(O)ccc4[C@H]3CC[C@@]21C.CCN(CC)CCOc1ccc(C(=C(Cl)c2ccccc2)c2ccccc2)cc1.O=C(O)CC(O)(CC(=O)O)C(=O)O. The zero-order valence-corrected chi connectivity index (χ0v) is 37.5. The third kappa shape index (κ3) is 11.5. The maximum absolute atomic E-state index is 10.9. The van der Waals surface area contributed by atoms with Crippen molar-refractivity contribution in [3.05, 3.63) is 131 Å². The molecule has 4 aromatic rings. The first-order valence-electron chi connectivity index (χ1n) is 21.9. The molecule has 0 aliphatic heterocycles. The van der Waals surface area contributed by atoms with Crippen molar-refractivity contribution in [2.45, 2.75) is 89.3 Å². The van der Waals surface area contributed by atoms with E-state index >= 15 is 0 Å². The van der Waals surface area contributed by atoms with Gasteiger partial charge in [-0.25, -0.2) is 4.79 Å². The number of aromatic hydroxyl groups is 1. The van der Waals surface area contributed by atoms with Crippen LogP contribution in [0.3, 0.4) is 0 Å². The average molecular weight is 895 g/mol. The molecule has 2 saturated carbocycles. The summed E-state index contributed by atoms with van der Waals surface area (Å²) in [5.74, 6) is 0.678. The van der Waals surface area contributed by atoms with E-state index in [2.05, 4.69) is 61.9 Å². The van der Waals surface area contributed by atoms with Crippen LogP contribution in [0.5, 0.6) is 11.5 Å². The molecule has 2 fully saturated rings. The monoisotopic (exact) mass is 893 g/mol. The Balaban J connectivity index is 0.000000195. The van der Waals surface area contributed by atoms with Crippen LogP contribution in [0.15, 0.2) is 103 Å². The van der Waals surface area contributed by atoms with Crippen molar-refractivity contribution >= 4 is 40.1 Å². The second-order valence-electron chi connectivity index (χ2n) is 17.1. The van der Waals surface area contributed by atoms with Crippen molar-refractivity contribution in [1.82, 2.24) is 4.90 Å². The molecule has 6 N–H and O–H groups in total. The van der Waals surface area contributed by atoms with E-state index in [1.54, 1.807) is 0 Å². The van der Waals surface area contributed by atoms with Gasteiger partial charge in [-0.3, -0.25) is 9.59 Å². The Morgan fingerprint density at radius 2 is 1.41 bits per heavy atom. The van der Waals surface area contributed by atoms with E-state index in [0.717, 1.165) is 91.2 Å². The number of halogens is 1. The van der Waals surface area contributed by atoms with Gasteiger partial charge in [-0.2, -0.15) is 0 Å². The van der Waals surface area contributed by atoms with Gasteiger partial charge in [0.1, 0.15) is 23.7 Å². The second-order valence-corrected chi connectivity index (χ2v) is 17.5. The molecule has 0 amide bonds. The number of phenolic OH excluding ortho intramolecular Hbond substituents is 1. The molecule has 340 valence electrons. The fraction of sp³-hybridized carbons (Fsp3) is 0.404. The molecule has 64 heavy (non-hydrogen) atoms. The van der Waals surface area contributed by atoms with Crippen LogP contribution in [0.2, 0.25) is 0 Å². The molecule has 0 unspecified atom stereocenters. The molecule has 0 heterocycles. The minimum atomic E-state index is -2.74. The molecule has 7 rings (SSSR count). The Bertz CT molecular complexity index is 2270. The Labute approximate surface area is 381 Å². The molecule has 0 bridgehead atoms. The van der Waals surface area contributed by atoms with Crippen LogP contribution >= 0.6 is 11.6 Å². The van der Waals surface area contributed by atoms with Crippen molar-refractivity contribution in [2.24, 2.45) is 17.3 Å². The van der Waals surface area contributed by atoms with Gasteiger partial charge in [0.25, 0.3) is 0 Å². The lowest BCUT2D eigenvalue weighted by molar-refractivity contribution is -0.170. The van der Waals surface area contributed by atoms with Crippen LogP contribution in [0.1, 0.15) is 99.5 Å². The number of rotatable bonds is 14. The molecular formula is C52H60ClNO10. The summed E-state index contributed by atoms with van der Waals surface area (Å²) in [5.41, 5.74) is 3.15. The van der Waals surface area contributed by atoms with Gasteiger partial charge < -0.3 is 40.3 Å². The van der Waals surface area contributed by atoms with Crippen LogP contribution in [0.25, 0.3) is 10.6 Å². The second kappa shape index (κ2) is 21.8. The fourth-order valence-electron chi connectivity index (χ4n) is 9.84. The lowest BCUT2D eigenvalue weighted by atomic mass is 9.53. The number of aryl methyl sites for hydroxylation is 1. The summed E-state index contributed by atoms with van der Waals surface area (Å²) in [7, 11) is 0. The Kier molecular flexibility index (Phi) is 16.8. The molecule has 0 spiro atoms. The van der Waals surface area contributed by atoms with Crippen LogP contribution in [0, 0.1) is 29.6 Å². The first kappa shape index (κ1) is 49.4. The van der Waals surface area contributed by atoms with E-state index in [9.17, 15) is 24.6 Å². The van der Waals surface area contributed by atoms with Gasteiger partial charge in [-0.05, 0) is 121 Å². The minimum Gasteiger partial charge on any atom is -0.508 e. The largest absolute Gasteiger partial charge is 0.508 e. The van der Waals surface area contributed by atoms with Crippen molar-refractivity contribution in [1.29, 1.82) is 0 Å². The summed E-state index contributed by atoms with van der Waals surface area (Å²) < 4.78 is 5.94. The van der Waals surface area contributed by atoms with Crippen LogP contribution < -0.4 is 4.74 Å². The predicted octanol–water partition coefficient (Wildman–Crippen LogP) is 8.93. The number of ether oxygens (including phenoxy) is 1. The van der Waals surface area contributed by atoms with E-state index in [1.807, 2.05) is 72.8 Å². The third-order valence-corrected chi connectivity index (χ3v) is 13.8. The molecule has 5 atom stereocenters. The number of carbonyl (C=O) groups is 3. The fourth-order valence-corrected chi connectivity index (χ4v) is 10.2. The maximum atomic E-state index is 10.9. The topological polar surface area (TPSA) is 185 Å². The molecule has 4 aromatic carbocycles. The Hall–Kier alpha value is -5.64. The summed E-state index contributed by atoms with van der Waals surface area (Å²) in [5, 5.41) is 55.2. The predicted molar refractivity (Wildman–Crippen MR) is 248 cm³/mol. The normalized spacial score (nSPS) is 22.4. The highest BCUT2D eigenvalue weighted by Gasteiger charge is 2.61. The highest BCUT2D eigenvalue weighted by atomic mass is 35.5. The summed E-state index contributed by atoms with van der Waals surface area (Å²) in [6, 6.07) is 34.5. The van der Waals surface area contributed by atoms with Gasteiger partial charge in [-0.1, -0.05) is 117 Å². The van der Waals surface area contributed by atoms with E-state index < -0.39 is 42.0 Å². The zero-order chi connectivity index (χ0) is 46.7. The van der Waals surface area contributed by atoms with Gasteiger partial charge in [0.15, 0.2) is 5.60 Å². The summed E-state index contributed by atoms with van der Waals surface area (Å²) in [6.45, 7) is 10.3. The number of hydrogen-bond acceptors (Lipinski definition) is 8. The molecule has 0 saturated heterocycles. The van der Waals surface area contributed by atoms with Crippen molar-refractivity contribution in [3.8, 4) is 23.8 Å². The summed E-state index contributed by atoms with van der Waals surface area (Å²) in [6.07, 6.45) is 9.48.